The maximum absolute atomic E-state index is 15.1. The van der Waals surface area contributed by atoms with E-state index in [2.05, 4.69) is 30.6 Å². The van der Waals surface area contributed by atoms with Crippen molar-refractivity contribution in [2.45, 2.75) is 65.5 Å². The predicted octanol–water partition coefficient (Wildman–Crippen LogP) is 7.75. The van der Waals surface area contributed by atoms with Crippen LogP contribution in [0.4, 0.5) is 10.0 Å². The van der Waals surface area contributed by atoms with Gasteiger partial charge in [0.1, 0.15) is 0 Å². The lowest BCUT2D eigenvalue weighted by atomic mass is 9.89. The molecule has 0 amide bonds. The fraction of sp³-hybridized carbons (Fsp3) is 0.293. The van der Waals surface area contributed by atoms with Crippen molar-refractivity contribution in [1.82, 2.24) is 49.8 Å². The van der Waals surface area contributed by atoms with Crippen molar-refractivity contribution in [2.24, 2.45) is 0 Å². The van der Waals surface area contributed by atoms with Gasteiger partial charge in [-0.3, -0.25) is 44.6 Å². The Morgan fingerprint density at radius 1 is 0.700 bits per heavy atom. The molecule has 2 N–H and O–H groups in total. The van der Waals surface area contributed by atoms with Gasteiger partial charge in [-0.1, -0.05) is 34.8 Å². The molecule has 0 spiro atoms. The second kappa shape index (κ2) is 16.9. The van der Waals surface area contributed by atoms with E-state index in [1.165, 1.54) is 12.1 Å². The van der Waals surface area contributed by atoms with Crippen LogP contribution in [0.5, 0.6) is 0 Å². The quantitative estimate of drug-likeness (QED) is 0.0712. The summed E-state index contributed by atoms with van der Waals surface area (Å²) in [6.07, 6.45) is 12.9. The van der Waals surface area contributed by atoms with Gasteiger partial charge in [0.15, 0.2) is 5.78 Å². The number of thiophene rings is 2. The van der Waals surface area contributed by atoms with Gasteiger partial charge in [-0.15, -0.1) is 0 Å². The summed E-state index contributed by atoms with van der Waals surface area (Å²) >= 11 is 1.92. The van der Waals surface area contributed by atoms with Crippen molar-refractivity contribution < 1.29 is 14.6 Å². The molecule has 19 heteroatoms. The fourth-order valence-electron chi connectivity index (χ4n) is 7.56. The number of nitrogens with zero attached hydrogens (tertiary/aromatic N) is 10. The zero-order valence-electron chi connectivity index (χ0n) is 33.3. The minimum atomic E-state index is -0.823. The number of nitrogens with one attached hydrogen (secondary N) is 2. The van der Waals surface area contributed by atoms with Crippen LogP contribution in [0.2, 0.25) is 0 Å². The summed E-state index contributed by atoms with van der Waals surface area (Å²) in [5.74, 6) is -1.86. The number of aromatic nitrogens is 8. The lowest BCUT2D eigenvalue weighted by Gasteiger charge is -2.30. The molecule has 2 atom stereocenters. The molecule has 308 valence electrons. The van der Waals surface area contributed by atoms with E-state index in [4.69, 9.17) is 0 Å². The number of nitro groups is 2. The van der Waals surface area contributed by atoms with Gasteiger partial charge >= 0.3 is 10.0 Å². The van der Waals surface area contributed by atoms with Crippen LogP contribution in [0.25, 0.3) is 11.1 Å². The number of aromatic amines is 2. The summed E-state index contributed by atoms with van der Waals surface area (Å²) in [6, 6.07) is 14.1. The Bertz CT molecular complexity index is 2520. The van der Waals surface area contributed by atoms with Gasteiger partial charge in [0.25, 0.3) is 0 Å². The zero-order valence-corrected chi connectivity index (χ0v) is 34.9. The number of carbonyl (C=O) groups is 1. The summed E-state index contributed by atoms with van der Waals surface area (Å²) in [4.78, 5) is 42.8. The minimum Gasteiger partial charge on any atom is -0.353 e. The van der Waals surface area contributed by atoms with E-state index < -0.39 is 21.7 Å². The van der Waals surface area contributed by atoms with Gasteiger partial charge in [-0.05, 0) is 100 Å². The van der Waals surface area contributed by atoms with Gasteiger partial charge in [0.2, 0.25) is 0 Å². The van der Waals surface area contributed by atoms with E-state index in [0.717, 1.165) is 79.4 Å². The molecule has 6 aromatic heterocycles. The van der Waals surface area contributed by atoms with Gasteiger partial charge < -0.3 is 9.80 Å². The Morgan fingerprint density at radius 2 is 1.13 bits per heavy atom. The Labute approximate surface area is 352 Å². The number of ketones is 1. The van der Waals surface area contributed by atoms with Crippen molar-refractivity contribution >= 4 is 49.6 Å². The third-order valence-corrected chi connectivity index (χ3v) is 12.7. The first kappa shape index (κ1) is 40.1. The third kappa shape index (κ3) is 8.81. The maximum atomic E-state index is 15.1. The van der Waals surface area contributed by atoms with Crippen LogP contribution in [0.15, 0.2) is 85.5 Å². The molecule has 0 aliphatic carbocycles. The van der Waals surface area contributed by atoms with Gasteiger partial charge in [-0.2, -0.15) is 20.4 Å². The molecule has 0 aromatic carbocycles. The Kier molecular flexibility index (Phi) is 11.3. The van der Waals surface area contributed by atoms with Crippen LogP contribution in [-0.4, -0.2) is 78.5 Å². The SMILES string of the molecule is Cc1cc(C)n(Cc2cc(C3=CN(CC(C(=O)C(CN4C=CCC(c5cc(Cn6nc(C)cc6C)[nH]n5)=C4)c4ccc([N+](=O)[O-])s4)c4ccc([N+](=O)[O-])s4)C=CC3)n[nH]2)n1. The molecule has 0 saturated heterocycles. The minimum absolute atomic E-state index is 0.0778. The highest BCUT2D eigenvalue weighted by Gasteiger charge is 2.35. The topological polar surface area (TPSA) is 203 Å². The number of hydrogen-bond donors (Lipinski definition) is 2. The molecule has 6 aromatic rings. The molecular formula is C41H42N12O5S2. The van der Waals surface area contributed by atoms with Crippen LogP contribution in [-0.2, 0) is 17.9 Å². The van der Waals surface area contributed by atoms with Crippen molar-refractivity contribution in [3.63, 3.8) is 0 Å². The average Bonchev–Trinajstić information content (AvgIpc) is 4.09. The van der Waals surface area contributed by atoms with E-state index in [9.17, 15) is 20.2 Å². The number of H-pyrrole nitrogens is 2. The fourth-order valence-corrected chi connectivity index (χ4v) is 9.40. The molecule has 0 radical (unpaired) electrons. The lowest BCUT2D eigenvalue weighted by molar-refractivity contribution is -0.380. The van der Waals surface area contributed by atoms with Crippen LogP contribution in [0, 0.1) is 47.9 Å². The van der Waals surface area contributed by atoms with E-state index in [1.807, 2.05) is 108 Å². The standard InChI is InChI=1S/C41H42N12O5S2/c1-25-15-27(3)50(46-25)21-31-17-35(44-42-31)29-7-5-13-48(19-29)23-33(37-9-11-39(59-37)52(55)56)41(54)34(38-10-12-40(60-38)53(57)58)24-49-14-6-8-30(20-49)36-18-32(43-45-36)22-51-28(4)16-26(2)47-51/h5-6,9-20,33-34H,7-8,21-24H2,1-4H3,(H,42,44)(H,43,45). The number of aryl methyl sites for hydroxylation is 4. The molecule has 2 unspecified atom stereocenters. The summed E-state index contributed by atoms with van der Waals surface area (Å²) < 4.78 is 3.83. The Balaban J connectivity index is 1.07. The van der Waals surface area contributed by atoms with E-state index >= 15 is 4.79 Å². The highest BCUT2D eigenvalue weighted by molar-refractivity contribution is 7.16. The first-order valence-corrected chi connectivity index (χ1v) is 20.9. The van der Waals surface area contributed by atoms with E-state index in [0.29, 0.717) is 35.7 Å². The first-order valence-electron chi connectivity index (χ1n) is 19.3. The smallest absolute Gasteiger partial charge is 0.324 e. The average molecular weight is 847 g/mol. The molecule has 8 heterocycles. The van der Waals surface area contributed by atoms with Crippen LogP contribution < -0.4 is 0 Å². The zero-order chi connectivity index (χ0) is 42.1. The maximum Gasteiger partial charge on any atom is 0.324 e. The van der Waals surface area contributed by atoms with Crippen molar-refractivity contribution in [3.05, 3.63) is 161 Å². The monoisotopic (exact) mass is 846 g/mol. The normalized spacial score (nSPS) is 15.0. The molecule has 0 bridgehead atoms. The van der Waals surface area contributed by atoms with Crippen LogP contribution >= 0.6 is 22.7 Å². The second-order valence-corrected chi connectivity index (χ2v) is 17.2. The van der Waals surface area contributed by atoms with Crippen molar-refractivity contribution in [3.8, 4) is 0 Å². The highest BCUT2D eigenvalue weighted by atomic mass is 32.1. The molecule has 2 aliphatic rings. The molecular weight excluding hydrogens is 805 g/mol. The Hall–Kier alpha value is -6.73. The van der Waals surface area contributed by atoms with Crippen LogP contribution in [0.1, 0.15) is 80.0 Å². The number of Topliss-reactive ketones (excluding diaryl/α,β-unsaturated/α-hetero) is 1. The van der Waals surface area contributed by atoms with Gasteiger partial charge in [0.05, 0.1) is 68.9 Å². The molecule has 2 aliphatic heterocycles. The predicted molar refractivity (Wildman–Crippen MR) is 228 cm³/mol. The molecule has 8 rings (SSSR count). The molecule has 17 nitrogen and oxygen atoms in total. The number of rotatable bonds is 16. The van der Waals surface area contributed by atoms with Gasteiger partial charge in [-0.25, -0.2) is 0 Å². The second-order valence-electron chi connectivity index (χ2n) is 15.0. The Morgan fingerprint density at radius 3 is 1.50 bits per heavy atom. The van der Waals surface area contributed by atoms with Crippen molar-refractivity contribution in [2.75, 3.05) is 13.1 Å². The third-order valence-electron chi connectivity index (χ3n) is 10.4. The number of carbonyl (C=O) groups excluding carboxylic acids is 1. The largest absolute Gasteiger partial charge is 0.353 e. The first-order chi connectivity index (χ1) is 28.9. The number of allylic oxidation sites excluding steroid dienone is 4. The molecule has 0 saturated carbocycles. The highest BCUT2D eigenvalue weighted by Crippen LogP contribution is 2.39. The summed E-state index contributed by atoms with van der Waals surface area (Å²) in [5, 5.41) is 48.1. The van der Waals surface area contributed by atoms with E-state index in [1.54, 1.807) is 12.1 Å². The van der Waals surface area contributed by atoms with Gasteiger partial charge in [0, 0.05) is 58.8 Å². The summed E-state index contributed by atoms with van der Waals surface area (Å²) in [5.41, 5.74) is 9.11. The summed E-state index contributed by atoms with van der Waals surface area (Å²) in [6.45, 7) is 9.34. The molecule has 0 fully saturated rings. The number of hydrogen-bond acceptors (Lipinski definition) is 13. The van der Waals surface area contributed by atoms with Crippen LogP contribution in [0.3, 0.4) is 0 Å². The molecule has 60 heavy (non-hydrogen) atoms. The van der Waals surface area contributed by atoms with Crippen molar-refractivity contribution in [1.29, 1.82) is 0 Å². The summed E-state index contributed by atoms with van der Waals surface area (Å²) in [7, 11) is 0. The van der Waals surface area contributed by atoms with E-state index in [-0.39, 0.29) is 28.9 Å². The lowest BCUT2D eigenvalue weighted by Crippen LogP contribution is -2.33.